The van der Waals surface area contributed by atoms with Crippen LogP contribution in [-0.4, -0.2) is 65.2 Å². The molecule has 2 heterocycles. The van der Waals surface area contributed by atoms with Crippen molar-refractivity contribution in [3.8, 4) is 5.75 Å². The Balaban J connectivity index is 1.25. The molecule has 2 aromatic carbocycles. The maximum absolute atomic E-state index is 15.2. The summed E-state index contributed by atoms with van der Waals surface area (Å²) in [5.74, 6) is -2.14. The second-order valence-electron chi connectivity index (χ2n) is 11.1. The summed E-state index contributed by atoms with van der Waals surface area (Å²) >= 11 is 12.0. The third kappa shape index (κ3) is 6.75. The SMILES string of the molecule is O=C(O)[C@@H]1CCCN1C(=O)c1cc(C2CC2)c(OCC2CCN([C@H](c3cc(Cl)cc(Cl)c3)C(F)(F)F)CC2)cc1F. The Morgan fingerprint density at radius 1 is 0.976 bits per heavy atom. The van der Waals surface area contributed by atoms with Gasteiger partial charge in [-0.2, -0.15) is 13.2 Å². The van der Waals surface area contributed by atoms with Crippen LogP contribution in [0.15, 0.2) is 30.3 Å². The predicted octanol–water partition coefficient (Wildman–Crippen LogP) is 7.09. The highest BCUT2D eigenvalue weighted by Crippen LogP contribution is 2.46. The number of carbonyl (C=O) groups is 2. The molecule has 6 nitrogen and oxygen atoms in total. The van der Waals surface area contributed by atoms with Gasteiger partial charge in [-0.15, -0.1) is 0 Å². The van der Waals surface area contributed by atoms with Gasteiger partial charge in [0.15, 0.2) is 0 Å². The van der Waals surface area contributed by atoms with Gasteiger partial charge in [-0.3, -0.25) is 9.69 Å². The first-order valence-corrected chi connectivity index (χ1v) is 14.4. The minimum Gasteiger partial charge on any atom is -0.493 e. The molecule has 0 bridgehead atoms. The van der Waals surface area contributed by atoms with Crippen LogP contribution >= 0.6 is 23.2 Å². The summed E-state index contributed by atoms with van der Waals surface area (Å²) in [6.45, 7) is 0.818. The molecule has 0 radical (unpaired) electrons. The van der Waals surface area contributed by atoms with Crippen molar-refractivity contribution in [1.29, 1.82) is 0 Å². The molecule has 0 unspecified atom stereocenters. The number of amides is 1. The molecule has 1 saturated carbocycles. The molecule has 5 rings (SSSR count). The number of alkyl halides is 3. The highest BCUT2D eigenvalue weighted by Gasteiger charge is 2.46. The molecule has 3 fully saturated rings. The van der Waals surface area contributed by atoms with Gasteiger partial charge < -0.3 is 14.7 Å². The number of ether oxygens (including phenoxy) is 1. The van der Waals surface area contributed by atoms with Gasteiger partial charge in [0.1, 0.15) is 23.7 Å². The van der Waals surface area contributed by atoms with E-state index in [-0.39, 0.29) is 59.2 Å². The Hall–Kier alpha value is -2.56. The maximum atomic E-state index is 15.2. The van der Waals surface area contributed by atoms with Crippen LogP contribution < -0.4 is 4.74 Å². The number of benzene rings is 2. The first-order chi connectivity index (χ1) is 19.4. The average molecular weight is 617 g/mol. The first kappa shape index (κ1) is 29.9. The molecule has 1 N–H and O–H groups in total. The zero-order chi connectivity index (χ0) is 29.5. The smallest absolute Gasteiger partial charge is 0.408 e. The lowest BCUT2D eigenvalue weighted by Gasteiger charge is -2.38. The Labute approximate surface area is 245 Å². The normalized spacial score (nSPS) is 21.2. The van der Waals surface area contributed by atoms with Crippen LogP contribution in [0, 0.1) is 11.7 Å². The van der Waals surface area contributed by atoms with Gasteiger partial charge in [-0.05, 0) is 98.8 Å². The lowest BCUT2D eigenvalue weighted by atomic mass is 9.94. The van der Waals surface area contributed by atoms with Crippen molar-refractivity contribution < 1.29 is 37.0 Å². The molecule has 2 saturated heterocycles. The maximum Gasteiger partial charge on any atom is 0.408 e. The molecule has 2 atom stereocenters. The van der Waals surface area contributed by atoms with Crippen molar-refractivity contribution in [2.24, 2.45) is 5.92 Å². The van der Waals surface area contributed by atoms with E-state index < -0.39 is 36.0 Å². The van der Waals surface area contributed by atoms with Crippen molar-refractivity contribution in [3.63, 3.8) is 0 Å². The minimum atomic E-state index is -4.52. The molecule has 222 valence electrons. The average Bonchev–Trinajstić information content (AvgIpc) is 3.61. The molecule has 0 spiro atoms. The molecule has 1 amide bonds. The molecule has 12 heteroatoms. The fourth-order valence-corrected chi connectivity index (χ4v) is 6.46. The second kappa shape index (κ2) is 12.0. The number of nitrogens with zero attached hydrogens (tertiary/aromatic N) is 2. The van der Waals surface area contributed by atoms with Gasteiger partial charge in [0.2, 0.25) is 0 Å². The highest BCUT2D eigenvalue weighted by atomic mass is 35.5. The van der Waals surface area contributed by atoms with Gasteiger partial charge in [-0.25, -0.2) is 9.18 Å². The highest BCUT2D eigenvalue weighted by molar-refractivity contribution is 6.34. The molecule has 3 aliphatic rings. The number of carboxylic acid groups (broad SMARTS) is 1. The standard InChI is InChI=1S/C29H30Cl2F4N2O4/c30-19-10-18(11-20(31)12-19)26(29(33,34)35)36-8-5-16(6-9-36)15-41-25-14-23(32)22(13-21(25)17-3-4-17)27(38)37-7-1-2-24(37)28(39)40/h10-14,16-17,24,26H,1-9,15H2,(H,39,40)/t24-,26+/m0/s1. The summed E-state index contributed by atoms with van der Waals surface area (Å²) in [5.41, 5.74) is 0.528. The number of piperidine rings is 1. The molecule has 1 aliphatic carbocycles. The van der Waals surface area contributed by atoms with Crippen LogP contribution in [0.1, 0.15) is 72.0 Å². The van der Waals surface area contributed by atoms with Crippen LogP contribution in [0.5, 0.6) is 5.75 Å². The van der Waals surface area contributed by atoms with E-state index in [0.717, 1.165) is 12.8 Å². The Morgan fingerprint density at radius 3 is 2.22 bits per heavy atom. The van der Waals surface area contributed by atoms with Crippen molar-refractivity contribution >= 4 is 35.1 Å². The topological polar surface area (TPSA) is 70.1 Å². The van der Waals surface area contributed by atoms with Gasteiger partial charge >= 0.3 is 12.1 Å². The van der Waals surface area contributed by atoms with Crippen LogP contribution in [0.2, 0.25) is 10.0 Å². The van der Waals surface area contributed by atoms with Gasteiger partial charge in [0, 0.05) is 22.7 Å². The van der Waals surface area contributed by atoms with Crippen molar-refractivity contribution in [1.82, 2.24) is 9.80 Å². The molecular weight excluding hydrogens is 587 g/mol. The summed E-state index contributed by atoms with van der Waals surface area (Å²) in [7, 11) is 0. The van der Waals surface area contributed by atoms with E-state index in [9.17, 15) is 27.9 Å². The lowest BCUT2D eigenvalue weighted by Crippen LogP contribution is -2.43. The number of halogens is 6. The lowest BCUT2D eigenvalue weighted by molar-refractivity contribution is -0.190. The summed E-state index contributed by atoms with van der Waals surface area (Å²) in [5, 5.41) is 9.70. The number of aliphatic carboxylic acids is 1. The first-order valence-electron chi connectivity index (χ1n) is 13.7. The Kier molecular flexibility index (Phi) is 8.74. The number of hydrogen-bond acceptors (Lipinski definition) is 4. The zero-order valence-corrected chi connectivity index (χ0v) is 23.6. The Bertz CT molecular complexity index is 1290. The van der Waals surface area contributed by atoms with E-state index in [1.165, 1.54) is 40.1 Å². The van der Waals surface area contributed by atoms with Gasteiger partial charge in [0.05, 0.1) is 12.2 Å². The largest absolute Gasteiger partial charge is 0.493 e. The van der Waals surface area contributed by atoms with E-state index in [0.29, 0.717) is 37.0 Å². The summed E-state index contributed by atoms with van der Waals surface area (Å²) in [6.07, 6.45) is -1.03. The molecule has 2 aliphatic heterocycles. The fraction of sp³-hybridized carbons (Fsp3) is 0.517. The van der Waals surface area contributed by atoms with E-state index >= 15 is 4.39 Å². The number of likely N-dealkylation sites (tertiary alicyclic amines) is 2. The number of carboxylic acids is 1. The summed E-state index contributed by atoms with van der Waals surface area (Å²) in [4.78, 5) is 27.2. The molecule has 41 heavy (non-hydrogen) atoms. The molecule has 0 aromatic heterocycles. The number of rotatable bonds is 8. The second-order valence-corrected chi connectivity index (χ2v) is 11.9. The molecular formula is C29H30Cl2F4N2O4. The third-order valence-corrected chi connectivity index (χ3v) is 8.58. The van der Waals surface area contributed by atoms with E-state index in [4.69, 9.17) is 27.9 Å². The van der Waals surface area contributed by atoms with Gasteiger partial charge in [0.25, 0.3) is 5.91 Å². The van der Waals surface area contributed by atoms with E-state index in [1.54, 1.807) is 0 Å². The van der Waals surface area contributed by atoms with Crippen molar-refractivity contribution in [2.75, 3.05) is 26.2 Å². The minimum absolute atomic E-state index is 0.00695. The quantitative estimate of drug-likeness (QED) is 0.321. The summed E-state index contributed by atoms with van der Waals surface area (Å²) < 4.78 is 63.5. The van der Waals surface area contributed by atoms with Crippen molar-refractivity contribution in [2.45, 2.75) is 62.7 Å². The Morgan fingerprint density at radius 2 is 1.63 bits per heavy atom. The van der Waals surface area contributed by atoms with Crippen LogP contribution in [0.3, 0.4) is 0 Å². The molecule has 2 aromatic rings. The number of carbonyl (C=O) groups excluding carboxylic acids is 1. The number of hydrogen-bond donors (Lipinski definition) is 1. The predicted molar refractivity (Wildman–Crippen MR) is 145 cm³/mol. The van der Waals surface area contributed by atoms with Gasteiger partial charge in [-0.1, -0.05) is 23.2 Å². The fourth-order valence-electron chi connectivity index (χ4n) is 5.92. The van der Waals surface area contributed by atoms with Crippen LogP contribution in [0.25, 0.3) is 0 Å². The van der Waals surface area contributed by atoms with Crippen LogP contribution in [-0.2, 0) is 4.79 Å². The van der Waals surface area contributed by atoms with Crippen molar-refractivity contribution in [3.05, 3.63) is 62.9 Å². The zero-order valence-electron chi connectivity index (χ0n) is 22.1. The summed E-state index contributed by atoms with van der Waals surface area (Å²) in [6, 6.07) is 3.82. The monoisotopic (exact) mass is 616 g/mol. The van der Waals surface area contributed by atoms with E-state index in [1.807, 2.05) is 0 Å². The van der Waals surface area contributed by atoms with Crippen LogP contribution in [0.4, 0.5) is 17.6 Å². The van der Waals surface area contributed by atoms with E-state index in [2.05, 4.69) is 0 Å². The third-order valence-electron chi connectivity index (χ3n) is 8.15.